The molecule has 0 spiro atoms. The van der Waals surface area contributed by atoms with E-state index in [2.05, 4.69) is 0 Å². The van der Waals surface area contributed by atoms with Crippen LogP contribution in [0.3, 0.4) is 0 Å². The highest BCUT2D eigenvalue weighted by molar-refractivity contribution is 6.07. The van der Waals surface area contributed by atoms with Crippen LogP contribution in [-0.2, 0) is 0 Å². The van der Waals surface area contributed by atoms with Gasteiger partial charge in [-0.3, -0.25) is 4.79 Å². The van der Waals surface area contributed by atoms with Crippen molar-refractivity contribution in [2.45, 2.75) is 6.92 Å². The maximum absolute atomic E-state index is 12.7. The van der Waals surface area contributed by atoms with Gasteiger partial charge in [0.2, 0.25) is 0 Å². The highest BCUT2D eigenvalue weighted by Gasteiger charge is 2.25. The topological polar surface area (TPSA) is 55.6 Å². The van der Waals surface area contributed by atoms with Crippen LogP contribution in [0.5, 0.6) is 5.75 Å². The van der Waals surface area contributed by atoms with E-state index in [4.69, 9.17) is 10.5 Å². The number of amides is 1. The molecule has 1 amide bonds. The largest absolute Gasteiger partial charge is 0.487 e. The number of carbonyl (C=O) groups excluding carboxylic acids is 1. The molecule has 0 aliphatic carbocycles. The number of rotatable bonds is 1. The third-order valence-electron chi connectivity index (χ3n) is 3.39. The van der Waals surface area contributed by atoms with Gasteiger partial charge in [-0.25, -0.2) is 0 Å². The number of fused-ring (bicyclic) bond motifs is 1. The van der Waals surface area contributed by atoms with Gasteiger partial charge in [-0.15, -0.1) is 0 Å². The standard InChI is InChI=1S/C16H16N2O2/c1-11-4-2-5-12(10-11)16(19)18-8-9-20-15-13(17)6-3-7-14(15)18/h2-7,10H,8-9,17H2,1H3. The predicted molar refractivity (Wildman–Crippen MR) is 79.2 cm³/mol. The number of hydrogen-bond donors (Lipinski definition) is 1. The van der Waals surface area contributed by atoms with Crippen molar-refractivity contribution in [3.63, 3.8) is 0 Å². The zero-order valence-electron chi connectivity index (χ0n) is 11.3. The molecular formula is C16H16N2O2. The maximum Gasteiger partial charge on any atom is 0.258 e. The molecule has 0 aromatic heterocycles. The Hall–Kier alpha value is -2.49. The summed E-state index contributed by atoms with van der Waals surface area (Å²) in [5, 5.41) is 0. The summed E-state index contributed by atoms with van der Waals surface area (Å²) in [6.45, 7) is 2.96. The van der Waals surface area contributed by atoms with Crippen LogP contribution in [0.25, 0.3) is 0 Å². The molecule has 0 saturated carbocycles. The molecule has 0 saturated heterocycles. The van der Waals surface area contributed by atoms with Gasteiger partial charge in [-0.2, -0.15) is 0 Å². The number of hydrogen-bond acceptors (Lipinski definition) is 3. The van der Waals surface area contributed by atoms with E-state index in [9.17, 15) is 4.79 Å². The third kappa shape index (κ3) is 2.09. The van der Waals surface area contributed by atoms with E-state index in [1.54, 1.807) is 11.0 Å². The van der Waals surface area contributed by atoms with Crippen molar-refractivity contribution < 1.29 is 9.53 Å². The second kappa shape index (κ2) is 4.89. The van der Waals surface area contributed by atoms with Crippen LogP contribution >= 0.6 is 0 Å². The fourth-order valence-corrected chi connectivity index (χ4v) is 2.42. The van der Waals surface area contributed by atoms with Crippen molar-refractivity contribution in [1.29, 1.82) is 0 Å². The van der Waals surface area contributed by atoms with Gasteiger partial charge in [-0.1, -0.05) is 23.8 Å². The average molecular weight is 268 g/mol. The SMILES string of the molecule is Cc1cccc(C(=O)N2CCOc3c(N)cccc32)c1. The minimum absolute atomic E-state index is 0.0242. The quantitative estimate of drug-likeness (QED) is 0.809. The van der Waals surface area contributed by atoms with E-state index in [1.807, 2.05) is 43.3 Å². The van der Waals surface area contributed by atoms with Gasteiger partial charge in [-0.05, 0) is 31.2 Å². The highest BCUT2D eigenvalue weighted by atomic mass is 16.5. The molecule has 0 radical (unpaired) electrons. The number of nitrogen functional groups attached to an aromatic ring is 1. The predicted octanol–water partition coefficient (Wildman–Crippen LogP) is 2.62. The van der Waals surface area contributed by atoms with Gasteiger partial charge < -0.3 is 15.4 Å². The smallest absolute Gasteiger partial charge is 0.258 e. The monoisotopic (exact) mass is 268 g/mol. The highest BCUT2D eigenvalue weighted by Crippen LogP contribution is 2.37. The first-order valence-electron chi connectivity index (χ1n) is 6.56. The number of anilines is 2. The molecule has 0 atom stereocenters. The second-order valence-corrected chi connectivity index (χ2v) is 4.87. The van der Waals surface area contributed by atoms with Crippen molar-refractivity contribution in [3.05, 3.63) is 53.6 Å². The van der Waals surface area contributed by atoms with Gasteiger partial charge in [0.25, 0.3) is 5.91 Å². The molecule has 20 heavy (non-hydrogen) atoms. The third-order valence-corrected chi connectivity index (χ3v) is 3.39. The zero-order chi connectivity index (χ0) is 14.1. The Bertz CT molecular complexity index is 667. The summed E-state index contributed by atoms with van der Waals surface area (Å²) >= 11 is 0. The summed E-state index contributed by atoms with van der Waals surface area (Å²) in [5.74, 6) is 0.573. The first-order chi connectivity index (χ1) is 9.66. The van der Waals surface area contributed by atoms with Gasteiger partial charge in [0, 0.05) is 5.56 Å². The Balaban J connectivity index is 2.01. The Kier molecular flexibility index (Phi) is 3.06. The number of aryl methyl sites for hydroxylation is 1. The summed E-state index contributed by atoms with van der Waals surface area (Å²) in [4.78, 5) is 14.4. The molecule has 0 fully saturated rings. The molecule has 1 aliphatic heterocycles. The van der Waals surface area contributed by atoms with Gasteiger partial charge in [0.05, 0.1) is 17.9 Å². The Labute approximate surface area is 117 Å². The summed E-state index contributed by atoms with van der Waals surface area (Å²) in [7, 11) is 0. The van der Waals surface area contributed by atoms with E-state index in [0.717, 1.165) is 11.3 Å². The molecule has 4 nitrogen and oxygen atoms in total. The number of benzene rings is 2. The van der Waals surface area contributed by atoms with E-state index < -0.39 is 0 Å². The molecule has 2 N–H and O–H groups in total. The van der Waals surface area contributed by atoms with E-state index >= 15 is 0 Å². The van der Waals surface area contributed by atoms with Crippen LogP contribution in [0.15, 0.2) is 42.5 Å². The van der Waals surface area contributed by atoms with Crippen LogP contribution in [0.4, 0.5) is 11.4 Å². The van der Waals surface area contributed by atoms with Crippen LogP contribution < -0.4 is 15.4 Å². The van der Waals surface area contributed by atoms with E-state index in [1.165, 1.54) is 0 Å². The molecule has 2 aromatic rings. The molecule has 4 heteroatoms. The summed E-state index contributed by atoms with van der Waals surface area (Å²) in [5.41, 5.74) is 8.95. The second-order valence-electron chi connectivity index (χ2n) is 4.87. The minimum atomic E-state index is -0.0242. The lowest BCUT2D eigenvalue weighted by molar-refractivity contribution is 0.0976. The molecular weight excluding hydrogens is 252 g/mol. The fourth-order valence-electron chi connectivity index (χ4n) is 2.42. The van der Waals surface area contributed by atoms with Crippen LogP contribution in [0.2, 0.25) is 0 Å². The van der Waals surface area contributed by atoms with Gasteiger partial charge >= 0.3 is 0 Å². The van der Waals surface area contributed by atoms with Gasteiger partial charge in [0.1, 0.15) is 6.61 Å². The molecule has 102 valence electrons. The summed E-state index contributed by atoms with van der Waals surface area (Å²) in [6.07, 6.45) is 0. The number of para-hydroxylation sites is 1. The zero-order valence-corrected chi connectivity index (χ0v) is 11.3. The summed E-state index contributed by atoms with van der Waals surface area (Å²) < 4.78 is 5.58. The van der Waals surface area contributed by atoms with Crippen molar-refractivity contribution in [2.75, 3.05) is 23.8 Å². The molecule has 2 aromatic carbocycles. The van der Waals surface area contributed by atoms with E-state index in [0.29, 0.717) is 30.2 Å². The van der Waals surface area contributed by atoms with Crippen molar-refractivity contribution in [3.8, 4) is 5.75 Å². The normalized spacial score (nSPS) is 13.6. The Morgan fingerprint density at radius 2 is 2.05 bits per heavy atom. The Morgan fingerprint density at radius 1 is 1.25 bits per heavy atom. The summed E-state index contributed by atoms with van der Waals surface area (Å²) in [6, 6.07) is 13.1. The lowest BCUT2D eigenvalue weighted by atomic mass is 10.1. The maximum atomic E-state index is 12.7. The molecule has 1 heterocycles. The molecule has 3 rings (SSSR count). The minimum Gasteiger partial charge on any atom is -0.487 e. The number of nitrogens with zero attached hydrogens (tertiary/aromatic N) is 1. The van der Waals surface area contributed by atoms with E-state index in [-0.39, 0.29) is 5.91 Å². The molecule has 0 unspecified atom stereocenters. The number of carbonyl (C=O) groups is 1. The van der Waals surface area contributed by atoms with Crippen LogP contribution in [0.1, 0.15) is 15.9 Å². The van der Waals surface area contributed by atoms with Gasteiger partial charge in [0.15, 0.2) is 5.75 Å². The first kappa shape index (κ1) is 12.5. The molecule has 1 aliphatic rings. The fraction of sp³-hybridized carbons (Fsp3) is 0.188. The Morgan fingerprint density at radius 3 is 2.85 bits per heavy atom. The van der Waals surface area contributed by atoms with Crippen molar-refractivity contribution in [1.82, 2.24) is 0 Å². The van der Waals surface area contributed by atoms with Crippen LogP contribution in [-0.4, -0.2) is 19.1 Å². The lowest BCUT2D eigenvalue weighted by Crippen LogP contribution is -2.38. The average Bonchev–Trinajstić information content (AvgIpc) is 2.46. The first-order valence-corrected chi connectivity index (χ1v) is 6.56. The van der Waals surface area contributed by atoms with Crippen LogP contribution in [0, 0.1) is 6.92 Å². The molecule has 0 bridgehead atoms. The number of nitrogens with two attached hydrogens (primary N) is 1. The van der Waals surface area contributed by atoms with Crippen molar-refractivity contribution in [2.24, 2.45) is 0 Å². The lowest BCUT2D eigenvalue weighted by Gasteiger charge is -2.30. The number of ether oxygens (including phenoxy) is 1. The van der Waals surface area contributed by atoms with Crippen molar-refractivity contribution >= 4 is 17.3 Å².